The van der Waals surface area contributed by atoms with E-state index < -0.39 is 0 Å². The molecule has 4 bridgehead atoms. The van der Waals surface area contributed by atoms with E-state index in [-0.39, 0.29) is 22.5 Å². The number of hydrogen-bond donors (Lipinski definition) is 0. The molecular weight excluding hydrogens is 438 g/mol. The molecule has 9 rings (SSSR count). The lowest BCUT2D eigenvalue weighted by Gasteiger charge is -2.74. The lowest BCUT2D eigenvalue weighted by molar-refractivity contribution is -0.283. The predicted molar refractivity (Wildman–Crippen MR) is 133 cm³/mol. The van der Waals surface area contributed by atoms with Crippen molar-refractivity contribution in [1.29, 1.82) is 0 Å². The largest absolute Gasteiger partial charge is 0.493 e. The quantitative estimate of drug-likeness (QED) is 0.539. The molecule has 35 heavy (non-hydrogen) atoms. The minimum atomic E-state index is -0.275. The van der Waals surface area contributed by atoms with Gasteiger partial charge in [0, 0.05) is 48.6 Å². The van der Waals surface area contributed by atoms with Gasteiger partial charge in [0.2, 0.25) is 0 Å². The maximum Gasteiger partial charge on any atom is 0.165 e. The fraction of sp³-hybridized carbons (Fsp3) is 0.800. The molecule has 2 heterocycles. The molecule has 6 fully saturated rings. The molecular formula is C30H41NO4. The summed E-state index contributed by atoms with van der Waals surface area (Å²) in [6.45, 7) is 4.24. The van der Waals surface area contributed by atoms with Crippen LogP contribution in [0.4, 0.5) is 0 Å². The number of rotatable bonds is 8. The summed E-state index contributed by atoms with van der Waals surface area (Å²) in [7, 11) is 3.74. The van der Waals surface area contributed by atoms with Gasteiger partial charge in [-0.1, -0.05) is 12.5 Å². The SMILES string of the molecule is COc1ccc2c3c1O[C@@H]1C34CCN(CC3CC3)[C@H](C2)C42CC[C@@]1(OC)[C@@H](COCC1CCC1)C2. The minimum Gasteiger partial charge on any atom is -0.493 e. The summed E-state index contributed by atoms with van der Waals surface area (Å²) in [5, 5.41) is 0. The molecule has 2 spiro atoms. The van der Waals surface area contributed by atoms with E-state index in [0.717, 1.165) is 49.4 Å². The number of piperidine rings is 1. The Balaban J connectivity index is 1.25. The first-order valence-electron chi connectivity index (χ1n) is 14.4. The van der Waals surface area contributed by atoms with Crippen LogP contribution in [0.5, 0.6) is 11.5 Å². The van der Waals surface area contributed by atoms with Crippen molar-refractivity contribution in [2.75, 3.05) is 40.5 Å². The van der Waals surface area contributed by atoms with Crippen molar-refractivity contribution in [2.45, 2.75) is 87.4 Å². The first-order chi connectivity index (χ1) is 17.1. The maximum absolute atomic E-state index is 7.12. The zero-order chi connectivity index (χ0) is 23.4. The van der Waals surface area contributed by atoms with Crippen LogP contribution in [0.15, 0.2) is 12.1 Å². The summed E-state index contributed by atoms with van der Waals surface area (Å²) < 4.78 is 26.1. The third-order valence-electron chi connectivity index (χ3n) is 11.9. The highest BCUT2D eigenvalue weighted by Crippen LogP contribution is 2.76. The number of hydrogen-bond acceptors (Lipinski definition) is 5. The normalized spacial score (nSPS) is 43.0. The second kappa shape index (κ2) is 7.39. The third-order valence-corrected chi connectivity index (χ3v) is 11.9. The zero-order valence-corrected chi connectivity index (χ0v) is 21.5. The second-order valence-electron chi connectivity index (χ2n) is 13.1. The van der Waals surface area contributed by atoms with E-state index in [1.54, 1.807) is 7.11 Å². The molecule has 5 nitrogen and oxygen atoms in total. The third kappa shape index (κ3) is 2.61. The topological polar surface area (TPSA) is 40.2 Å². The summed E-state index contributed by atoms with van der Waals surface area (Å²) in [6.07, 6.45) is 12.9. The Morgan fingerprint density at radius 2 is 1.91 bits per heavy atom. The van der Waals surface area contributed by atoms with Crippen LogP contribution in [-0.2, 0) is 21.3 Å². The number of likely N-dealkylation sites (tertiary alicyclic amines) is 1. The summed E-state index contributed by atoms with van der Waals surface area (Å²) in [6, 6.07) is 5.12. The van der Waals surface area contributed by atoms with Crippen molar-refractivity contribution < 1.29 is 18.9 Å². The molecule has 6 aliphatic carbocycles. The summed E-state index contributed by atoms with van der Waals surface area (Å²) in [4.78, 5) is 2.92. The van der Waals surface area contributed by atoms with E-state index in [2.05, 4.69) is 17.0 Å². The second-order valence-corrected chi connectivity index (χ2v) is 13.1. The summed E-state index contributed by atoms with van der Waals surface area (Å²) >= 11 is 0. The number of fused-ring (bicyclic) bond motifs is 2. The smallest absolute Gasteiger partial charge is 0.165 e. The first kappa shape index (κ1) is 21.8. The number of ether oxygens (including phenoxy) is 4. The molecule has 0 radical (unpaired) electrons. The first-order valence-corrected chi connectivity index (χ1v) is 14.4. The van der Waals surface area contributed by atoms with E-state index in [4.69, 9.17) is 18.9 Å². The number of methoxy groups -OCH3 is 2. The average molecular weight is 480 g/mol. The molecule has 0 N–H and O–H groups in total. The lowest BCUT2D eigenvalue weighted by atomic mass is 9.35. The standard InChI is InChI=1S/C30H41NO4/c1-32-23-9-8-21-14-24-28-10-11-30(33-2,22(15-28)18-34-17-20-4-3-5-20)27-29(28,25(21)26(23)35-27)12-13-31(24)16-19-6-7-19/h8-9,19-20,22,24,27H,3-7,10-18H2,1-2H3/t22-,24-,27-,28?,29?,30-/m1/s1. The summed E-state index contributed by atoms with van der Waals surface area (Å²) in [5.41, 5.74) is 3.03. The maximum atomic E-state index is 7.12. The Bertz CT molecular complexity index is 1040. The van der Waals surface area contributed by atoms with Gasteiger partial charge in [-0.2, -0.15) is 0 Å². The Morgan fingerprint density at radius 1 is 1.03 bits per heavy atom. The molecule has 2 aliphatic heterocycles. The van der Waals surface area contributed by atoms with Gasteiger partial charge in [-0.25, -0.2) is 0 Å². The molecule has 1 aromatic carbocycles. The van der Waals surface area contributed by atoms with Gasteiger partial charge in [0.1, 0.15) is 11.7 Å². The Hall–Kier alpha value is -1.30. The molecule has 0 amide bonds. The van der Waals surface area contributed by atoms with Gasteiger partial charge >= 0.3 is 0 Å². The van der Waals surface area contributed by atoms with Crippen LogP contribution in [0, 0.1) is 23.2 Å². The van der Waals surface area contributed by atoms with Crippen LogP contribution in [0.1, 0.15) is 68.9 Å². The van der Waals surface area contributed by atoms with Gasteiger partial charge in [-0.3, -0.25) is 4.90 Å². The zero-order valence-electron chi connectivity index (χ0n) is 21.5. The van der Waals surface area contributed by atoms with Crippen molar-refractivity contribution in [3.8, 4) is 11.5 Å². The molecule has 5 heteroatoms. The molecule has 1 saturated heterocycles. The fourth-order valence-corrected chi connectivity index (χ4v) is 9.93. The van der Waals surface area contributed by atoms with Gasteiger partial charge in [0.15, 0.2) is 11.5 Å². The van der Waals surface area contributed by atoms with Crippen LogP contribution in [-0.4, -0.2) is 63.2 Å². The van der Waals surface area contributed by atoms with Gasteiger partial charge < -0.3 is 18.9 Å². The molecule has 190 valence electrons. The molecule has 6 atom stereocenters. The number of nitrogens with zero attached hydrogens (tertiary/aromatic N) is 1. The Morgan fingerprint density at radius 3 is 2.66 bits per heavy atom. The van der Waals surface area contributed by atoms with E-state index in [9.17, 15) is 0 Å². The van der Waals surface area contributed by atoms with E-state index in [1.807, 2.05) is 7.11 Å². The van der Waals surface area contributed by atoms with Crippen LogP contribution in [0.25, 0.3) is 0 Å². The Kier molecular flexibility index (Phi) is 4.59. The van der Waals surface area contributed by atoms with E-state index >= 15 is 0 Å². The predicted octanol–water partition coefficient (Wildman–Crippen LogP) is 4.74. The monoisotopic (exact) mass is 479 g/mol. The van der Waals surface area contributed by atoms with Crippen LogP contribution in [0.2, 0.25) is 0 Å². The van der Waals surface area contributed by atoms with Gasteiger partial charge in [0.05, 0.1) is 13.7 Å². The van der Waals surface area contributed by atoms with Crippen molar-refractivity contribution in [2.24, 2.45) is 23.2 Å². The van der Waals surface area contributed by atoms with Crippen LogP contribution >= 0.6 is 0 Å². The highest BCUT2D eigenvalue weighted by molar-refractivity contribution is 5.63. The van der Waals surface area contributed by atoms with Gasteiger partial charge in [-0.15, -0.1) is 0 Å². The molecule has 0 aromatic heterocycles. The van der Waals surface area contributed by atoms with Crippen LogP contribution < -0.4 is 9.47 Å². The van der Waals surface area contributed by atoms with Gasteiger partial charge in [0.25, 0.3) is 0 Å². The Labute approximate surface area is 209 Å². The van der Waals surface area contributed by atoms with Crippen molar-refractivity contribution in [1.82, 2.24) is 4.90 Å². The lowest BCUT2D eigenvalue weighted by Crippen LogP contribution is -2.81. The van der Waals surface area contributed by atoms with E-state index in [1.165, 1.54) is 75.6 Å². The highest BCUT2D eigenvalue weighted by atomic mass is 16.6. The highest BCUT2D eigenvalue weighted by Gasteiger charge is 2.80. The van der Waals surface area contributed by atoms with Gasteiger partial charge in [-0.05, 0) is 87.8 Å². The molecule has 1 aromatic rings. The molecule has 2 unspecified atom stereocenters. The van der Waals surface area contributed by atoms with E-state index in [0.29, 0.717) is 12.0 Å². The van der Waals surface area contributed by atoms with Crippen molar-refractivity contribution in [3.63, 3.8) is 0 Å². The van der Waals surface area contributed by atoms with Crippen LogP contribution in [0.3, 0.4) is 0 Å². The summed E-state index contributed by atoms with van der Waals surface area (Å²) in [5.74, 6) is 4.04. The molecule has 8 aliphatic rings. The number of benzene rings is 1. The van der Waals surface area contributed by atoms with Crippen molar-refractivity contribution >= 4 is 0 Å². The molecule has 5 saturated carbocycles. The van der Waals surface area contributed by atoms with Crippen molar-refractivity contribution in [3.05, 3.63) is 23.3 Å². The average Bonchev–Trinajstić information content (AvgIpc) is 3.59. The fourth-order valence-electron chi connectivity index (χ4n) is 9.93. The minimum absolute atomic E-state index is 0.0495.